The summed E-state index contributed by atoms with van der Waals surface area (Å²) in [5, 5.41) is 4.61. The lowest BCUT2D eigenvalue weighted by molar-refractivity contribution is 0.296. The fourth-order valence-electron chi connectivity index (χ4n) is 2.16. The van der Waals surface area contributed by atoms with Crippen LogP contribution >= 0.6 is 15.9 Å². The van der Waals surface area contributed by atoms with Crippen LogP contribution in [0.4, 0.5) is 0 Å². The second-order valence-corrected chi connectivity index (χ2v) is 6.56. The monoisotopic (exact) mass is 338 g/mol. The highest BCUT2D eigenvalue weighted by Gasteiger charge is 2.08. The molecule has 0 saturated carbocycles. The quantitative estimate of drug-likeness (QED) is 0.776. The van der Waals surface area contributed by atoms with Crippen LogP contribution < -0.4 is 5.32 Å². The van der Waals surface area contributed by atoms with Gasteiger partial charge in [0.25, 0.3) is 0 Å². The van der Waals surface area contributed by atoms with E-state index < -0.39 is 0 Å². The van der Waals surface area contributed by atoms with Crippen molar-refractivity contribution in [1.29, 1.82) is 0 Å². The maximum absolute atomic E-state index is 5.91. The molecule has 1 heterocycles. The van der Waals surface area contributed by atoms with Gasteiger partial charge in [-0.25, -0.2) is 0 Å². The number of hydrogen-bond acceptors (Lipinski definition) is 3. The van der Waals surface area contributed by atoms with Gasteiger partial charge in [0.1, 0.15) is 11.3 Å². The summed E-state index contributed by atoms with van der Waals surface area (Å²) in [5.74, 6) is 1.71. The lowest BCUT2D eigenvalue weighted by Gasteiger charge is -2.16. The summed E-state index contributed by atoms with van der Waals surface area (Å²) >= 11 is 3.52. The van der Waals surface area contributed by atoms with Gasteiger partial charge in [-0.05, 0) is 47.6 Å². The highest BCUT2D eigenvalue weighted by atomic mass is 79.9. The second kappa shape index (κ2) is 7.25. The van der Waals surface area contributed by atoms with Crippen LogP contribution in [-0.4, -0.2) is 31.6 Å². The molecule has 0 saturated heterocycles. The number of nitrogens with one attached hydrogen (secondary N) is 1. The second-order valence-electron chi connectivity index (χ2n) is 5.71. The van der Waals surface area contributed by atoms with Gasteiger partial charge in [-0.3, -0.25) is 4.90 Å². The smallest absolute Gasteiger partial charge is 0.148 e. The Kier molecular flexibility index (Phi) is 5.64. The van der Waals surface area contributed by atoms with Crippen molar-refractivity contribution in [3.63, 3.8) is 0 Å². The van der Waals surface area contributed by atoms with Crippen LogP contribution in [-0.2, 0) is 6.54 Å². The first-order valence-electron chi connectivity index (χ1n) is 7.12. The van der Waals surface area contributed by atoms with Crippen LogP contribution in [0, 0.1) is 5.92 Å². The summed E-state index contributed by atoms with van der Waals surface area (Å²) in [6, 6.07) is 8.25. The Morgan fingerprint density at radius 3 is 2.85 bits per heavy atom. The van der Waals surface area contributed by atoms with Crippen LogP contribution in [0.25, 0.3) is 11.0 Å². The van der Waals surface area contributed by atoms with Gasteiger partial charge in [-0.15, -0.1) is 0 Å². The van der Waals surface area contributed by atoms with E-state index in [2.05, 4.69) is 59.2 Å². The van der Waals surface area contributed by atoms with E-state index in [1.165, 1.54) is 0 Å². The van der Waals surface area contributed by atoms with Crippen LogP contribution in [0.15, 0.2) is 33.2 Å². The van der Waals surface area contributed by atoms with Crippen molar-refractivity contribution in [2.24, 2.45) is 5.92 Å². The predicted molar refractivity (Wildman–Crippen MR) is 88.0 cm³/mol. The summed E-state index contributed by atoms with van der Waals surface area (Å²) in [5.41, 5.74) is 0.939. The highest BCUT2D eigenvalue weighted by Crippen LogP contribution is 2.27. The third-order valence-corrected chi connectivity index (χ3v) is 3.82. The largest absolute Gasteiger partial charge is 0.459 e. The average molecular weight is 339 g/mol. The summed E-state index contributed by atoms with van der Waals surface area (Å²) in [6.07, 6.45) is 0. The Balaban J connectivity index is 1.86. The number of fused-ring (bicyclic) bond motifs is 1. The zero-order valence-corrected chi connectivity index (χ0v) is 14.0. The molecule has 2 aromatic rings. The molecule has 0 aliphatic carbocycles. The number of para-hydroxylation sites is 1. The fourth-order valence-corrected chi connectivity index (χ4v) is 2.63. The molecule has 0 bridgehead atoms. The normalized spacial score (nSPS) is 11.9. The molecule has 2 rings (SSSR count). The minimum absolute atomic E-state index is 0.702. The van der Waals surface area contributed by atoms with E-state index in [4.69, 9.17) is 4.42 Å². The Hall–Kier alpha value is -0.840. The maximum atomic E-state index is 5.91. The summed E-state index contributed by atoms with van der Waals surface area (Å²) in [6.45, 7) is 8.39. The Morgan fingerprint density at radius 1 is 1.35 bits per heavy atom. The molecule has 0 aliphatic rings. The van der Waals surface area contributed by atoms with E-state index in [1.807, 2.05) is 12.1 Å². The molecule has 1 N–H and O–H groups in total. The molecule has 1 aromatic carbocycles. The Bertz CT molecular complexity index is 550. The molecule has 1 aromatic heterocycles. The van der Waals surface area contributed by atoms with Gasteiger partial charge in [-0.2, -0.15) is 0 Å². The molecule has 0 amide bonds. The Morgan fingerprint density at radius 2 is 2.15 bits per heavy atom. The number of likely N-dealkylation sites (N-methyl/N-ethyl adjacent to an activating group) is 1. The third kappa shape index (κ3) is 4.33. The molecular weight excluding hydrogens is 316 g/mol. The van der Waals surface area contributed by atoms with Crippen LogP contribution in [0.2, 0.25) is 0 Å². The minimum Gasteiger partial charge on any atom is -0.459 e. The van der Waals surface area contributed by atoms with E-state index in [0.29, 0.717) is 5.92 Å². The Labute approximate surface area is 129 Å². The molecule has 0 atom stereocenters. The lowest BCUT2D eigenvalue weighted by atomic mass is 10.2. The molecule has 4 heteroatoms. The van der Waals surface area contributed by atoms with Gasteiger partial charge < -0.3 is 9.73 Å². The van der Waals surface area contributed by atoms with Gasteiger partial charge in [-0.1, -0.05) is 26.0 Å². The molecule has 0 spiro atoms. The number of rotatable bonds is 7. The van der Waals surface area contributed by atoms with Crippen molar-refractivity contribution in [3.05, 3.63) is 34.5 Å². The maximum Gasteiger partial charge on any atom is 0.148 e. The number of nitrogens with zero attached hydrogens (tertiary/aromatic N) is 1. The van der Waals surface area contributed by atoms with Gasteiger partial charge >= 0.3 is 0 Å². The summed E-state index contributed by atoms with van der Waals surface area (Å²) < 4.78 is 6.92. The lowest BCUT2D eigenvalue weighted by Crippen LogP contribution is -2.30. The minimum atomic E-state index is 0.702. The van der Waals surface area contributed by atoms with E-state index >= 15 is 0 Å². The van der Waals surface area contributed by atoms with Gasteiger partial charge in [0.05, 0.1) is 11.0 Å². The molecule has 0 unspecified atom stereocenters. The molecule has 0 aliphatic heterocycles. The van der Waals surface area contributed by atoms with Crippen molar-refractivity contribution in [2.75, 3.05) is 26.7 Å². The van der Waals surface area contributed by atoms with Gasteiger partial charge in [0.2, 0.25) is 0 Å². The van der Waals surface area contributed by atoms with Gasteiger partial charge in [0.15, 0.2) is 0 Å². The molecule has 20 heavy (non-hydrogen) atoms. The first-order chi connectivity index (χ1) is 9.56. The first-order valence-corrected chi connectivity index (χ1v) is 7.91. The fraction of sp³-hybridized carbons (Fsp3) is 0.500. The standard InChI is InChI=1S/C16H23BrN2O/c1-12(2)10-18-7-8-19(3)11-14-9-13-5-4-6-15(17)16(13)20-14/h4-6,9,12,18H,7-8,10-11H2,1-3H3. The van der Waals surface area contributed by atoms with Gasteiger partial charge in [0, 0.05) is 18.5 Å². The highest BCUT2D eigenvalue weighted by molar-refractivity contribution is 9.10. The number of hydrogen-bond donors (Lipinski definition) is 1. The predicted octanol–water partition coefficient (Wildman–Crippen LogP) is 3.87. The van der Waals surface area contributed by atoms with Crippen LogP contribution in [0.5, 0.6) is 0 Å². The molecule has 0 radical (unpaired) electrons. The zero-order valence-electron chi connectivity index (χ0n) is 12.4. The topological polar surface area (TPSA) is 28.4 Å². The average Bonchev–Trinajstić information content (AvgIpc) is 2.78. The number of furan rings is 1. The van der Waals surface area contributed by atoms with E-state index in [9.17, 15) is 0 Å². The number of halogens is 1. The SMILES string of the molecule is CC(C)CNCCN(C)Cc1cc2cccc(Br)c2o1. The number of benzene rings is 1. The van der Waals surface area contributed by atoms with Crippen molar-refractivity contribution >= 4 is 26.9 Å². The van der Waals surface area contributed by atoms with Crippen LogP contribution in [0.1, 0.15) is 19.6 Å². The van der Waals surface area contributed by atoms with Crippen molar-refractivity contribution in [3.8, 4) is 0 Å². The van der Waals surface area contributed by atoms with E-state index in [1.54, 1.807) is 0 Å². The first kappa shape index (κ1) is 15.5. The molecule has 0 fully saturated rings. The van der Waals surface area contributed by atoms with E-state index in [-0.39, 0.29) is 0 Å². The molecule has 3 nitrogen and oxygen atoms in total. The van der Waals surface area contributed by atoms with Crippen molar-refractivity contribution < 1.29 is 4.42 Å². The van der Waals surface area contributed by atoms with Crippen molar-refractivity contribution in [1.82, 2.24) is 10.2 Å². The van der Waals surface area contributed by atoms with E-state index in [0.717, 1.165) is 47.4 Å². The molecular formula is C16H23BrN2O. The van der Waals surface area contributed by atoms with Crippen LogP contribution in [0.3, 0.4) is 0 Å². The third-order valence-electron chi connectivity index (χ3n) is 3.20. The molecule has 110 valence electrons. The summed E-state index contributed by atoms with van der Waals surface area (Å²) in [4.78, 5) is 2.28. The van der Waals surface area contributed by atoms with Crippen molar-refractivity contribution in [2.45, 2.75) is 20.4 Å². The summed E-state index contributed by atoms with van der Waals surface area (Å²) in [7, 11) is 2.12. The zero-order chi connectivity index (χ0) is 14.5.